The molecule has 3 atom stereocenters. The maximum Gasteiger partial charge on any atom is 0.251 e. The Bertz CT molecular complexity index is 683. The van der Waals surface area contributed by atoms with Gasteiger partial charge in [0.05, 0.1) is 0 Å². The predicted molar refractivity (Wildman–Crippen MR) is 121 cm³/mol. The molecule has 8 heteroatoms. The molecule has 3 rings (SSSR count). The summed E-state index contributed by atoms with van der Waals surface area (Å²) < 4.78 is 5.22. The first-order valence-electron chi connectivity index (χ1n) is 12.3. The molecule has 32 heavy (non-hydrogen) atoms. The number of carbonyl (C=O) groups is 3. The van der Waals surface area contributed by atoms with Gasteiger partial charge < -0.3 is 24.5 Å². The summed E-state index contributed by atoms with van der Waals surface area (Å²) in [5.74, 6) is 0.533. The maximum absolute atomic E-state index is 13.2. The minimum atomic E-state index is -1.02. The van der Waals surface area contributed by atoms with Crippen molar-refractivity contribution in [1.82, 2.24) is 14.7 Å². The molecule has 0 aromatic heterocycles. The van der Waals surface area contributed by atoms with Crippen molar-refractivity contribution in [1.29, 1.82) is 0 Å². The van der Waals surface area contributed by atoms with Gasteiger partial charge in [0.2, 0.25) is 5.91 Å². The van der Waals surface area contributed by atoms with Crippen LogP contribution in [0.15, 0.2) is 0 Å². The van der Waals surface area contributed by atoms with Gasteiger partial charge >= 0.3 is 0 Å². The molecule has 3 heterocycles. The lowest BCUT2D eigenvalue weighted by Crippen LogP contribution is -2.66. The third-order valence-electron chi connectivity index (χ3n) is 8.20. The van der Waals surface area contributed by atoms with E-state index in [-0.39, 0.29) is 29.2 Å². The number of ether oxygens (including phenoxy) is 1. The number of aliphatic hydroxyl groups excluding tert-OH is 1. The highest BCUT2D eigenvalue weighted by molar-refractivity contribution is 5.81. The van der Waals surface area contributed by atoms with Gasteiger partial charge in [0, 0.05) is 52.3 Å². The van der Waals surface area contributed by atoms with E-state index in [0.29, 0.717) is 25.6 Å². The fourth-order valence-corrected chi connectivity index (χ4v) is 6.40. The Morgan fingerprint density at radius 3 is 1.88 bits per heavy atom. The van der Waals surface area contributed by atoms with Crippen molar-refractivity contribution in [2.75, 3.05) is 39.8 Å². The Morgan fingerprint density at radius 2 is 1.41 bits per heavy atom. The SMILES string of the molecule is COC(C)C(=O)N1CCC(C2(C3CCN(C(C)=O)CC3)CCCCN2C(=O)C(C)O)CC1. The van der Waals surface area contributed by atoms with E-state index in [1.165, 1.54) is 0 Å². The van der Waals surface area contributed by atoms with Crippen LogP contribution in [0.2, 0.25) is 0 Å². The van der Waals surface area contributed by atoms with Crippen LogP contribution in [-0.4, -0.2) is 95.1 Å². The molecule has 1 N–H and O–H groups in total. The summed E-state index contributed by atoms with van der Waals surface area (Å²) in [5.41, 5.74) is -0.308. The van der Waals surface area contributed by atoms with Crippen LogP contribution in [0.25, 0.3) is 0 Å². The van der Waals surface area contributed by atoms with Crippen molar-refractivity contribution < 1.29 is 24.2 Å². The Balaban J connectivity index is 1.85. The first-order valence-corrected chi connectivity index (χ1v) is 12.3. The Labute approximate surface area is 192 Å². The van der Waals surface area contributed by atoms with Gasteiger partial charge in [-0.05, 0) is 70.6 Å². The van der Waals surface area contributed by atoms with Crippen LogP contribution in [0.5, 0.6) is 0 Å². The lowest BCUT2D eigenvalue weighted by atomic mass is 9.62. The second-order valence-electron chi connectivity index (χ2n) is 9.87. The van der Waals surface area contributed by atoms with Crippen LogP contribution in [0, 0.1) is 11.8 Å². The highest BCUT2D eigenvalue weighted by atomic mass is 16.5. The zero-order valence-corrected chi connectivity index (χ0v) is 20.2. The molecule has 3 amide bonds. The van der Waals surface area contributed by atoms with Crippen molar-refractivity contribution in [2.24, 2.45) is 11.8 Å². The van der Waals surface area contributed by atoms with Gasteiger partial charge in [0.15, 0.2) is 0 Å². The molecule has 3 aliphatic heterocycles. The summed E-state index contributed by atoms with van der Waals surface area (Å²) in [6.07, 6.45) is 4.94. The van der Waals surface area contributed by atoms with E-state index >= 15 is 0 Å². The van der Waals surface area contributed by atoms with E-state index < -0.39 is 12.2 Å². The predicted octanol–water partition coefficient (Wildman–Crippen LogP) is 1.65. The minimum absolute atomic E-state index is 0.0234. The van der Waals surface area contributed by atoms with E-state index in [0.717, 1.165) is 58.0 Å². The molecule has 8 nitrogen and oxygen atoms in total. The van der Waals surface area contributed by atoms with Gasteiger partial charge in [0.1, 0.15) is 12.2 Å². The first-order chi connectivity index (χ1) is 15.2. The molecular weight excluding hydrogens is 410 g/mol. The molecule has 0 aromatic rings. The monoisotopic (exact) mass is 451 g/mol. The standard InChI is InChI=1S/C24H41N3O5/c1-17(28)22(30)27-12-6-5-11-24(27,20-7-13-25(14-8-20)19(3)29)21-9-15-26(16-10-21)23(31)18(2)32-4/h17-18,20-21,28H,5-16H2,1-4H3. The largest absolute Gasteiger partial charge is 0.384 e. The molecule has 3 unspecified atom stereocenters. The number of rotatable bonds is 5. The van der Waals surface area contributed by atoms with Gasteiger partial charge in [-0.3, -0.25) is 14.4 Å². The number of piperidine rings is 3. The number of likely N-dealkylation sites (tertiary alicyclic amines) is 3. The fraction of sp³-hybridized carbons (Fsp3) is 0.875. The summed E-state index contributed by atoms with van der Waals surface area (Å²) in [6, 6.07) is 0. The minimum Gasteiger partial charge on any atom is -0.384 e. The maximum atomic E-state index is 13.2. The third-order valence-corrected chi connectivity index (χ3v) is 8.20. The van der Waals surface area contributed by atoms with Crippen LogP contribution in [0.1, 0.15) is 65.7 Å². The third kappa shape index (κ3) is 4.81. The summed E-state index contributed by atoms with van der Waals surface area (Å²) >= 11 is 0. The molecule has 0 aliphatic carbocycles. The van der Waals surface area contributed by atoms with Crippen LogP contribution in [0.3, 0.4) is 0 Å². The topological polar surface area (TPSA) is 90.4 Å². The zero-order chi connectivity index (χ0) is 23.5. The second kappa shape index (κ2) is 10.5. The smallest absolute Gasteiger partial charge is 0.251 e. The molecule has 3 aliphatic rings. The summed E-state index contributed by atoms with van der Waals surface area (Å²) in [7, 11) is 1.55. The molecule has 0 bridgehead atoms. The summed E-state index contributed by atoms with van der Waals surface area (Å²) in [5, 5.41) is 10.2. The van der Waals surface area contributed by atoms with E-state index in [1.807, 2.05) is 14.7 Å². The summed E-state index contributed by atoms with van der Waals surface area (Å²) in [6.45, 7) is 8.42. The molecule has 0 spiro atoms. The number of nitrogens with zero attached hydrogens (tertiary/aromatic N) is 3. The highest BCUT2D eigenvalue weighted by Crippen LogP contribution is 2.48. The Kier molecular flexibility index (Phi) is 8.20. The molecule has 3 fully saturated rings. The zero-order valence-electron chi connectivity index (χ0n) is 20.2. The van der Waals surface area contributed by atoms with Crippen molar-refractivity contribution in [2.45, 2.75) is 83.5 Å². The quantitative estimate of drug-likeness (QED) is 0.686. The molecule has 3 saturated heterocycles. The number of hydrogen-bond donors (Lipinski definition) is 1. The first kappa shape index (κ1) is 25.0. The van der Waals surface area contributed by atoms with Gasteiger partial charge in [-0.25, -0.2) is 0 Å². The molecule has 182 valence electrons. The van der Waals surface area contributed by atoms with Crippen LogP contribution >= 0.6 is 0 Å². The highest BCUT2D eigenvalue weighted by Gasteiger charge is 2.53. The number of amides is 3. The van der Waals surface area contributed by atoms with E-state index in [1.54, 1.807) is 27.9 Å². The number of methoxy groups -OCH3 is 1. The van der Waals surface area contributed by atoms with Crippen molar-refractivity contribution >= 4 is 17.7 Å². The molecule has 0 aromatic carbocycles. The summed E-state index contributed by atoms with van der Waals surface area (Å²) in [4.78, 5) is 43.5. The molecule has 0 saturated carbocycles. The van der Waals surface area contributed by atoms with E-state index in [2.05, 4.69) is 0 Å². The molecular formula is C24H41N3O5. The van der Waals surface area contributed by atoms with Gasteiger partial charge in [-0.1, -0.05) is 0 Å². The lowest BCUT2D eigenvalue weighted by Gasteiger charge is -2.59. The number of hydrogen-bond acceptors (Lipinski definition) is 5. The lowest BCUT2D eigenvalue weighted by molar-refractivity contribution is -0.163. The van der Waals surface area contributed by atoms with Gasteiger partial charge in [-0.15, -0.1) is 0 Å². The van der Waals surface area contributed by atoms with Crippen LogP contribution in [-0.2, 0) is 19.1 Å². The van der Waals surface area contributed by atoms with Crippen molar-refractivity contribution in [3.05, 3.63) is 0 Å². The van der Waals surface area contributed by atoms with Crippen LogP contribution < -0.4 is 0 Å². The molecule has 0 radical (unpaired) electrons. The van der Waals surface area contributed by atoms with E-state index in [9.17, 15) is 19.5 Å². The van der Waals surface area contributed by atoms with Crippen molar-refractivity contribution in [3.63, 3.8) is 0 Å². The number of aliphatic hydroxyl groups is 1. The fourth-order valence-electron chi connectivity index (χ4n) is 6.40. The van der Waals surface area contributed by atoms with Gasteiger partial charge in [-0.2, -0.15) is 0 Å². The van der Waals surface area contributed by atoms with Crippen molar-refractivity contribution in [3.8, 4) is 0 Å². The normalized spacial score (nSPS) is 27.8. The number of carbonyl (C=O) groups excluding carboxylic acids is 3. The average molecular weight is 452 g/mol. The average Bonchev–Trinajstić information content (AvgIpc) is 2.82. The van der Waals surface area contributed by atoms with Crippen LogP contribution in [0.4, 0.5) is 0 Å². The second-order valence-corrected chi connectivity index (χ2v) is 9.87. The van der Waals surface area contributed by atoms with Gasteiger partial charge in [0.25, 0.3) is 11.8 Å². The van der Waals surface area contributed by atoms with E-state index in [4.69, 9.17) is 4.74 Å². The Hall–Kier alpha value is -1.67. The Morgan fingerprint density at radius 1 is 0.875 bits per heavy atom.